The molecule has 0 aliphatic heterocycles. The van der Waals surface area contributed by atoms with Crippen LogP contribution < -0.4 is 5.32 Å². The first-order chi connectivity index (χ1) is 8.70. The third-order valence-electron chi connectivity index (χ3n) is 2.74. The molecule has 0 amide bonds. The van der Waals surface area contributed by atoms with Crippen LogP contribution in [0.5, 0.6) is 0 Å². The zero-order valence-electron chi connectivity index (χ0n) is 11.0. The highest BCUT2D eigenvalue weighted by Gasteiger charge is 2.08. The molecule has 18 heavy (non-hydrogen) atoms. The van der Waals surface area contributed by atoms with Gasteiger partial charge in [-0.1, -0.05) is 0 Å². The topological polar surface area (TPSA) is 56.9 Å². The van der Waals surface area contributed by atoms with Crippen LogP contribution >= 0.6 is 0 Å². The Morgan fingerprint density at radius 3 is 2.78 bits per heavy atom. The van der Waals surface area contributed by atoms with Gasteiger partial charge in [0, 0.05) is 45.0 Å². The Kier molecular flexibility index (Phi) is 3.99. The standard InChI is InChI=1S/C12H19N5O/c1-10(9-18-3)15-12-14-5-7-17(12)8-11-13-4-6-16(11)2/h4-7,10H,8-9H2,1-3H3,(H,14,15). The average Bonchev–Trinajstić information content (AvgIpc) is 2.91. The maximum atomic E-state index is 5.10. The number of anilines is 1. The number of hydrogen-bond acceptors (Lipinski definition) is 4. The van der Waals surface area contributed by atoms with Gasteiger partial charge in [-0.15, -0.1) is 0 Å². The van der Waals surface area contributed by atoms with Crippen molar-refractivity contribution in [3.8, 4) is 0 Å². The summed E-state index contributed by atoms with van der Waals surface area (Å²) in [5.74, 6) is 1.83. The summed E-state index contributed by atoms with van der Waals surface area (Å²) in [4.78, 5) is 8.62. The molecule has 2 heterocycles. The Morgan fingerprint density at radius 1 is 1.33 bits per heavy atom. The Hall–Kier alpha value is -1.82. The molecular formula is C12H19N5O. The molecule has 1 atom stereocenters. The van der Waals surface area contributed by atoms with Crippen molar-refractivity contribution in [2.24, 2.45) is 7.05 Å². The minimum atomic E-state index is 0.220. The molecule has 1 unspecified atom stereocenters. The molecule has 2 rings (SSSR count). The van der Waals surface area contributed by atoms with E-state index >= 15 is 0 Å². The van der Waals surface area contributed by atoms with E-state index in [2.05, 4.69) is 22.2 Å². The molecule has 0 aliphatic carbocycles. The van der Waals surface area contributed by atoms with Crippen LogP contribution in [0.1, 0.15) is 12.7 Å². The van der Waals surface area contributed by atoms with E-state index in [9.17, 15) is 0 Å². The van der Waals surface area contributed by atoms with Crippen molar-refractivity contribution < 1.29 is 4.74 Å². The summed E-state index contributed by atoms with van der Waals surface area (Å²) in [7, 11) is 3.68. The van der Waals surface area contributed by atoms with E-state index < -0.39 is 0 Å². The van der Waals surface area contributed by atoms with Crippen LogP contribution in [-0.4, -0.2) is 38.9 Å². The van der Waals surface area contributed by atoms with Gasteiger partial charge < -0.3 is 19.2 Å². The number of methoxy groups -OCH3 is 1. The van der Waals surface area contributed by atoms with Crippen LogP contribution in [0.15, 0.2) is 24.8 Å². The van der Waals surface area contributed by atoms with E-state index in [1.165, 1.54) is 0 Å². The summed E-state index contributed by atoms with van der Waals surface area (Å²) >= 11 is 0. The molecule has 0 fully saturated rings. The van der Waals surface area contributed by atoms with Gasteiger partial charge in [0.1, 0.15) is 5.82 Å². The number of nitrogens with one attached hydrogen (secondary N) is 1. The second-order valence-electron chi connectivity index (χ2n) is 4.33. The molecular weight excluding hydrogens is 230 g/mol. The second kappa shape index (κ2) is 5.68. The van der Waals surface area contributed by atoms with Gasteiger partial charge in [-0.05, 0) is 6.92 Å². The number of hydrogen-bond donors (Lipinski definition) is 1. The summed E-state index contributed by atoms with van der Waals surface area (Å²) in [6, 6.07) is 0.220. The quantitative estimate of drug-likeness (QED) is 0.833. The second-order valence-corrected chi connectivity index (χ2v) is 4.33. The van der Waals surface area contributed by atoms with Gasteiger partial charge in [-0.25, -0.2) is 9.97 Å². The highest BCUT2D eigenvalue weighted by Crippen LogP contribution is 2.09. The lowest BCUT2D eigenvalue weighted by molar-refractivity contribution is 0.190. The minimum Gasteiger partial charge on any atom is -0.383 e. The summed E-state index contributed by atoms with van der Waals surface area (Å²) in [5.41, 5.74) is 0. The lowest BCUT2D eigenvalue weighted by Gasteiger charge is -2.15. The SMILES string of the molecule is COCC(C)Nc1nccn1Cc1nccn1C. The van der Waals surface area contributed by atoms with Gasteiger partial charge in [0.15, 0.2) is 0 Å². The van der Waals surface area contributed by atoms with E-state index in [1.807, 2.05) is 28.6 Å². The molecule has 0 aliphatic rings. The van der Waals surface area contributed by atoms with Crippen molar-refractivity contribution in [3.05, 3.63) is 30.6 Å². The van der Waals surface area contributed by atoms with Crippen molar-refractivity contribution in [2.75, 3.05) is 19.0 Å². The minimum absolute atomic E-state index is 0.220. The van der Waals surface area contributed by atoms with Crippen molar-refractivity contribution >= 4 is 5.95 Å². The highest BCUT2D eigenvalue weighted by molar-refractivity contribution is 5.28. The monoisotopic (exact) mass is 249 g/mol. The summed E-state index contributed by atoms with van der Waals surface area (Å²) in [6.45, 7) is 3.41. The van der Waals surface area contributed by atoms with Crippen molar-refractivity contribution in [2.45, 2.75) is 19.5 Å². The van der Waals surface area contributed by atoms with Crippen LogP contribution in [-0.2, 0) is 18.3 Å². The molecule has 0 spiro atoms. The van der Waals surface area contributed by atoms with E-state index in [-0.39, 0.29) is 6.04 Å². The number of ether oxygens (including phenoxy) is 1. The fourth-order valence-corrected chi connectivity index (χ4v) is 1.79. The Morgan fingerprint density at radius 2 is 2.11 bits per heavy atom. The van der Waals surface area contributed by atoms with E-state index in [0.717, 1.165) is 11.8 Å². The molecule has 2 aromatic heterocycles. The van der Waals surface area contributed by atoms with E-state index in [1.54, 1.807) is 19.5 Å². The number of rotatable bonds is 6. The van der Waals surface area contributed by atoms with Crippen LogP contribution in [0.3, 0.4) is 0 Å². The fourth-order valence-electron chi connectivity index (χ4n) is 1.79. The molecule has 0 saturated heterocycles. The maximum absolute atomic E-state index is 5.10. The third-order valence-corrected chi connectivity index (χ3v) is 2.74. The number of aryl methyl sites for hydroxylation is 1. The average molecular weight is 249 g/mol. The van der Waals surface area contributed by atoms with Gasteiger partial charge in [-0.3, -0.25) is 0 Å². The molecule has 0 radical (unpaired) electrons. The first kappa shape index (κ1) is 12.6. The lowest BCUT2D eigenvalue weighted by atomic mass is 10.4. The van der Waals surface area contributed by atoms with Gasteiger partial charge in [0.2, 0.25) is 5.95 Å². The molecule has 2 aromatic rings. The van der Waals surface area contributed by atoms with E-state index in [4.69, 9.17) is 4.74 Å². The smallest absolute Gasteiger partial charge is 0.203 e. The predicted molar refractivity (Wildman–Crippen MR) is 69.5 cm³/mol. The number of nitrogens with zero attached hydrogens (tertiary/aromatic N) is 4. The Balaban J connectivity index is 2.06. The lowest BCUT2D eigenvalue weighted by Crippen LogP contribution is -2.23. The van der Waals surface area contributed by atoms with Crippen LogP contribution in [0.4, 0.5) is 5.95 Å². The molecule has 1 N–H and O–H groups in total. The van der Waals surface area contributed by atoms with Gasteiger partial charge in [-0.2, -0.15) is 0 Å². The Labute approximate surface area is 107 Å². The van der Waals surface area contributed by atoms with Crippen molar-refractivity contribution in [3.63, 3.8) is 0 Å². The summed E-state index contributed by atoms with van der Waals surface area (Å²) < 4.78 is 9.14. The first-order valence-electron chi connectivity index (χ1n) is 5.93. The van der Waals surface area contributed by atoms with Crippen molar-refractivity contribution in [1.82, 2.24) is 19.1 Å². The zero-order valence-corrected chi connectivity index (χ0v) is 11.0. The van der Waals surface area contributed by atoms with E-state index in [0.29, 0.717) is 13.2 Å². The molecule has 0 bridgehead atoms. The predicted octanol–water partition coefficient (Wildman–Crippen LogP) is 1.11. The van der Waals surface area contributed by atoms with Crippen LogP contribution in [0.2, 0.25) is 0 Å². The van der Waals surface area contributed by atoms with Gasteiger partial charge >= 0.3 is 0 Å². The molecule has 98 valence electrons. The maximum Gasteiger partial charge on any atom is 0.203 e. The summed E-state index contributed by atoms with van der Waals surface area (Å²) in [6.07, 6.45) is 7.46. The largest absolute Gasteiger partial charge is 0.383 e. The molecule has 0 saturated carbocycles. The van der Waals surface area contributed by atoms with Crippen molar-refractivity contribution in [1.29, 1.82) is 0 Å². The van der Waals surface area contributed by atoms with Gasteiger partial charge in [0.05, 0.1) is 13.2 Å². The fraction of sp³-hybridized carbons (Fsp3) is 0.500. The van der Waals surface area contributed by atoms with Crippen LogP contribution in [0.25, 0.3) is 0 Å². The normalized spacial score (nSPS) is 12.6. The first-order valence-corrected chi connectivity index (χ1v) is 5.93. The summed E-state index contributed by atoms with van der Waals surface area (Å²) in [5, 5.41) is 3.31. The number of aromatic nitrogens is 4. The molecule has 6 heteroatoms. The molecule has 0 aromatic carbocycles. The zero-order chi connectivity index (χ0) is 13.0. The third kappa shape index (κ3) is 2.89. The molecule has 6 nitrogen and oxygen atoms in total. The van der Waals surface area contributed by atoms with Crippen LogP contribution in [0, 0.1) is 0 Å². The number of imidazole rings is 2. The Bertz CT molecular complexity index is 490. The van der Waals surface area contributed by atoms with Gasteiger partial charge in [0.25, 0.3) is 0 Å². The highest BCUT2D eigenvalue weighted by atomic mass is 16.5.